The smallest absolute Gasteiger partial charge is 0.117 e. The SMILES string of the molecule is Cc1ccc(CNC(CN(C)C)c2ccccc2)o1. The van der Waals surface area contributed by atoms with Gasteiger partial charge in [0.15, 0.2) is 0 Å². The average Bonchev–Trinajstić information content (AvgIpc) is 2.81. The van der Waals surface area contributed by atoms with Crippen molar-refractivity contribution in [3.8, 4) is 0 Å². The maximum absolute atomic E-state index is 5.60. The van der Waals surface area contributed by atoms with Gasteiger partial charge in [-0.15, -0.1) is 0 Å². The fraction of sp³-hybridized carbons (Fsp3) is 0.375. The Labute approximate surface area is 115 Å². The van der Waals surface area contributed by atoms with E-state index >= 15 is 0 Å². The van der Waals surface area contributed by atoms with Crippen molar-refractivity contribution >= 4 is 0 Å². The zero-order valence-corrected chi connectivity index (χ0v) is 11.9. The lowest BCUT2D eigenvalue weighted by Gasteiger charge is -2.22. The minimum absolute atomic E-state index is 0.307. The van der Waals surface area contributed by atoms with E-state index in [0.29, 0.717) is 6.04 Å². The van der Waals surface area contributed by atoms with E-state index in [9.17, 15) is 0 Å². The molecule has 2 aromatic rings. The molecule has 1 atom stereocenters. The van der Waals surface area contributed by atoms with Gasteiger partial charge in [-0.3, -0.25) is 0 Å². The summed E-state index contributed by atoms with van der Waals surface area (Å²) in [5.74, 6) is 1.94. The lowest BCUT2D eigenvalue weighted by atomic mass is 10.1. The maximum Gasteiger partial charge on any atom is 0.117 e. The molecule has 1 aromatic carbocycles. The van der Waals surface area contributed by atoms with Crippen molar-refractivity contribution in [2.75, 3.05) is 20.6 Å². The van der Waals surface area contributed by atoms with E-state index in [1.54, 1.807) is 0 Å². The highest BCUT2D eigenvalue weighted by atomic mass is 16.3. The molecule has 102 valence electrons. The van der Waals surface area contributed by atoms with Crippen LogP contribution in [0.5, 0.6) is 0 Å². The first-order chi connectivity index (χ1) is 9.15. The van der Waals surface area contributed by atoms with Crippen molar-refractivity contribution in [1.29, 1.82) is 0 Å². The van der Waals surface area contributed by atoms with Crippen molar-refractivity contribution in [2.45, 2.75) is 19.5 Å². The summed E-state index contributed by atoms with van der Waals surface area (Å²) >= 11 is 0. The van der Waals surface area contributed by atoms with Crippen LogP contribution >= 0.6 is 0 Å². The Hall–Kier alpha value is -1.58. The third kappa shape index (κ3) is 4.23. The van der Waals surface area contributed by atoms with Gasteiger partial charge in [-0.1, -0.05) is 30.3 Å². The molecule has 0 aliphatic heterocycles. The maximum atomic E-state index is 5.60. The van der Waals surface area contributed by atoms with Crippen molar-refractivity contribution in [3.05, 3.63) is 59.5 Å². The van der Waals surface area contributed by atoms with E-state index in [1.807, 2.05) is 25.1 Å². The van der Waals surface area contributed by atoms with Crippen LogP contribution in [0.4, 0.5) is 0 Å². The molecule has 19 heavy (non-hydrogen) atoms. The third-order valence-electron chi connectivity index (χ3n) is 3.07. The largest absolute Gasteiger partial charge is 0.465 e. The zero-order chi connectivity index (χ0) is 13.7. The number of furan rings is 1. The van der Waals surface area contributed by atoms with Crippen LogP contribution in [0.15, 0.2) is 46.9 Å². The Morgan fingerprint density at radius 3 is 2.42 bits per heavy atom. The summed E-state index contributed by atoms with van der Waals surface area (Å²) in [6.45, 7) is 3.68. The number of likely N-dealkylation sites (N-methyl/N-ethyl adjacent to an activating group) is 1. The van der Waals surface area contributed by atoms with E-state index in [2.05, 4.69) is 48.6 Å². The van der Waals surface area contributed by atoms with Crippen LogP contribution in [0, 0.1) is 6.92 Å². The summed E-state index contributed by atoms with van der Waals surface area (Å²) in [7, 11) is 4.18. The Kier molecular flexibility index (Phi) is 4.77. The summed E-state index contributed by atoms with van der Waals surface area (Å²) in [6.07, 6.45) is 0. The molecule has 2 rings (SSSR count). The van der Waals surface area contributed by atoms with Gasteiger partial charge in [0.05, 0.1) is 6.54 Å². The quantitative estimate of drug-likeness (QED) is 0.863. The number of hydrogen-bond donors (Lipinski definition) is 1. The Balaban J connectivity index is 2.02. The van der Waals surface area contributed by atoms with Gasteiger partial charge in [-0.2, -0.15) is 0 Å². The number of nitrogens with one attached hydrogen (secondary N) is 1. The summed E-state index contributed by atoms with van der Waals surface area (Å²) in [5, 5.41) is 3.56. The summed E-state index contributed by atoms with van der Waals surface area (Å²) in [6, 6.07) is 14.9. The summed E-state index contributed by atoms with van der Waals surface area (Å²) in [5.41, 5.74) is 1.31. The van der Waals surface area contributed by atoms with Crippen LogP contribution in [0.3, 0.4) is 0 Å². The fourth-order valence-electron chi connectivity index (χ4n) is 2.14. The van der Waals surface area contributed by atoms with Crippen LogP contribution in [-0.4, -0.2) is 25.5 Å². The Morgan fingerprint density at radius 1 is 1.11 bits per heavy atom. The van der Waals surface area contributed by atoms with Gasteiger partial charge in [0, 0.05) is 12.6 Å². The summed E-state index contributed by atoms with van der Waals surface area (Å²) < 4.78 is 5.60. The molecule has 3 heteroatoms. The van der Waals surface area contributed by atoms with Crippen molar-refractivity contribution in [2.24, 2.45) is 0 Å². The molecule has 1 unspecified atom stereocenters. The fourth-order valence-corrected chi connectivity index (χ4v) is 2.14. The lowest BCUT2D eigenvalue weighted by molar-refractivity contribution is 0.331. The van der Waals surface area contributed by atoms with Gasteiger partial charge in [0.25, 0.3) is 0 Å². The topological polar surface area (TPSA) is 28.4 Å². The first-order valence-corrected chi connectivity index (χ1v) is 6.63. The molecule has 1 heterocycles. The first-order valence-electron chi connectivity index (χ1n) is 6.63. The van der Waals surface area contributed by atoms with Crippen LogP contribution in [0.2, 0.25) is 0 Å². The van der Waals surface area contributed by atoms with E-state index in [4.69, 9.17) is 4.42 Å². The highest BCUT2D eigenvalue weighted by molar-refractivity contribution is 5.19. The minimum atomic E-state index is 0.307. The number of benzene rings is 1. The molecule has 0 radical (unpaired) electrons. The molecular formula is C16H22N2O. The molecule has 0 spiro atoms. The molecule has 0 saturated carbocycles. The number of nitrogens with zero attached hydrogens (tertiary/aromatic N) is 1. The van der Waals surface area contributed by atoms with Crippen LogP contribution in [-0.2, 0) is 6.54 Å². The van der Waals surface area contributed by atoms with Gasteiger partial charge >= 0.3 is 0 Å². The Morgan fingerprint density at radius 2 is 1.84 bits per heavy atom. The molecule has 3 nitrogen and oxygen atoms in total. The molecule has 1 aromatic heterocycles. The molecule has 0 aliphatic carbocycles. The molecule has 0 aliphatic rings. The second-order valence-corrected chi connectivity index (χ2v) is 5.12. The molecule has 1 N–H and O–H groups in total. The van der Waals surface area contributed by atoms with Crippen LogP contribution in [0.1, 0.15) is 23.1 Å². The molecule has 0 bridgehead atoms. The van der Waals surface area contributed by atoms with Crippen molar-refractivity contribution < 1.29 is 4.42 Å². The monoisotopic (exact) mass is 258 g/mol. The highest BCUT2D eigenvalue weighted by Crippen LogP contribution is 2.15. The standard InChI is InChI=1S/C16H22N2O/c1-13-9-10-15(19-13)11-17-16(12-18(2)3)14-7-5-4-6-8-14/h4-10,16-17H,11-12H2,1-3H3. The van der Waals surface area contributed by atoms with Gasteiger partial charge in [0.2, 0.25) is 0 Å². The van der Waals surface area contributed by atoms with Gasteiger partial charge in [-0.05, 0) is 38.7 Å². The second-order valence-electron chi connectivity index (χ2n) is 5.12. The predicted molar refractivity (Wildman–Crippen MR) is 78.0 cm³/mol. The lowest BCUT2D eigenvalue weighted by Crippen LogP contribution is -2.30. The van der Waals surface area contributed by atoms with E-state index < -0.39 is 0 Å². The number of aryl methyl sites for hydroxylation is 1. The van der Waals surface area contributed by atoms with E-state index in [0.717, 1.165) is 24.6 Å². The predicted octanol–water partition coefficient (Wildman–Crippen LogP) is 2.98. The minimum Gasteiger partial charge on any atom is -0.465 e. The summed E-state index contributed by atoms with van der Waals surface area (Å²) in [4.78, 5) is 2.19. The van der Waals surface area contributed by atoms with Gasteiger partial charge in [-0.25, -0.2) is 0 Å². The van der Waals surface area contributed by atoms with Crippen molar-refractivity contribution in [1.82, 2.24) is 10.2 Å². The normalized spacial score (nSPS) is 12.8. The van der Waals surface area contributed by atoms with E-state index in [-0.39, 0.29) is 0 Å². The zero-order valence-electron chi connectivity index (χ0n) is 11.9. The van der Waals surface area contributed by atoms with Crippen LogP contribution in [0.25, 0.3) is 0 Å². The Bertz CT molecular complexity index is 490. The van der Waals surface area contributed by atoms with Gasteiger partial charge < -0.3 is 14.6 Å². The molecule has 0 amide bonds. The van der Waals surface area contributed by atoms with E-state index in [1.165, 1.54) is 5.56 Å². The average molecular weight is 258 g/mol. The molecule has 0 fully saturated rings. The third-order valence-corrected chi connectivity index (χ3v) is 3.07. The van der Waals surface area contributed by atoms with Crippen LogP contribution < -0.4 is 5.32 Å². The highest BCUT2D eigenvalue weighted by Gasteiger charge is 2.12. The number of hydrogen-bond acceptors (Lipinski definition) is 3. The second kappa shape index (κ2) is 6.55. The molecule has 0 saturated heterocycles. The first kappa shape index (κ1) is 13.8. The van der Waals surface area contributed by atoms with Gasteiger partial charge in [0.1, 0.15) is 11.5 Å². The van der Waals surface area contributed by atoms with Crippen molar-refractivity contribution in [3.63, 3.8) is 0 Å². The molecular weight excluding hydrogens is 236 g/mol. The number of rotatable bonds is 6.